The van der Waals surface area contributed by atoms with Crippen molar-refractivity contribution in [3.8, 4) is 5.75 Å². The van der Waals surface area contributed by atoms with Crippen LogP contribution in [0.5, 0.6) is 5.75 Å². The molecule has 2 nitrogen and oxygen atoms in total. The predicted octanol–water partition coefficient (Wildman–Crippen LogP) is 1.52. The van der Waals surface area contributed by atoms with Crippen molar-refractivity contribution < 1.29 is 18.5 Å². The van der Waals surface area contributed by atoms with Crippen LogP contribution in [0.2, 0.25) is 5.02 Å². The van der Waals surface area contributed by atoms with Gasteiger partial charge in [-0.25, -0.2) is 8.78 Å². The van der Waals surface area contributed by atoms with Crippen molar-refractivity contribution in [1.82, 2.24) is 0 Å². The SMILES string of the molecule is O[B]Oc1cc(F)c(Cl)c(F)c1. The maximum absolute atomic E-state index is 12.6. The third-order valence-electron chi connectivity index (χ3n) is 1.15. The van der Waals surface area contributed by atoms with Crippen molar-refractivity contribution in [2.75, 3.05) is 0 Å². The van der Waals surface area contributed by atoms with E-state index in [4.69, 9.17) is 16.6 Å². The van der Waals surface area contributed by atoms with Gasteiger partial charge in [0.2, 0.25) is 0 Å². The molecule has 0 saturated heterocycles. The number of rotatable bonds is 2. The average Bonchev–Trinajstić information content (AvgIpc) is 2.01. The summed E-state index contributed by atoms with van der Waals surface area (Å²) >= 11 is 5.17. The summed E-state index contributed by atoms with van der Waals surface area (Å²) in [5.41, 5.74) is 0. The largest absolute Gasteiger partial charge is 0.569 e. The van der Waals surface area contributed by atoms with Crippen LogP contribution >= 0.6 is 11.6 Å². The normalized spacial score (nSPS) is 9.67. The minimum atomic E-state index is -0.937. The smallest absolute Gasteiger partial charge is 0.537 e. The van der Waals surface area contributed by atoms with E-state index in [1.54, 1.807) is 0 Å². The van der Waals surface area contributed by atoms with E-state index in [9.17, 15) is 8.78 Å². The Morgan fingerprint density at radius 1 is 1.33 bits per heavy atom. The van der Waals surface area contributed by atoms with E-state index in [-0.39, 0.29) is 5.75 Å². The van der Waals surface area contributed by atoms with Gasteiger partial charge < -0.3 is 9.68 Å². The van der Waals surface area contributed by atoms with Gasteiger partial charge in [-0.3, -0.25) is 0 Å². The molecule has 0 fully saturated rings. The fraction of sp³-hybridized carbons (Fsp3) is 0. The quantitative estimate of drug-likeness (QED) is 0.567. The summed E-state index contributed by atoms with van der Waals surface area (Å²) in [6, 6.07) is 1.72. The van der Waals surface area contributed by atoms with Gasteiger partial charge in [0.05, 0.1) is 0 Å². The van der Waals surface area contributed by atoms with E-state index in [1.807, 2.05) is 0 Å². The first-order valence-corrected chi connectivity index (χ1v) is 3.30. The molecule has 0 spiro atoms. The Balaban J connectivity index is 3.04. The Kier molecular flexibility index (Phi) is 2.89. The monoisotopic (exact) mass is 191 g/mol. The van der Waals surface area contributed by atoms with Gasteiger partial charge in [-0.1, -0.05) is 11.6 Å². The van der Waals surface area contributed by atoms with E-state index < -0.39 is 16.7 Å². The highest BCUT2D eigenvalue weighted by Gasteiger charge is 2.09. The fourth-order valence-corrected chi connectivity index (χ4v) is 0.770. The lowest BCUT2D eigenvalue weighted by Crippen LogP contribution is -2.00. The second-order valence-corrected chi connectivity index (χ2v) is 2.30. The maximum Gasteiger partial charge on any atom is 0.569 e. The van der Waals surface area contributed by atoms with Gasteiger partial charge in [-0.2, -0.15) is 0 Å². The topological polar surface area (TPSA) is 29.5 Å². The molecule has 0 unspecified atom stereocenters. The van der Waals surface area contributed by atoms with Crippen LogP contribution in [0.15, 0.2) is 12.1 Å². The zero-order valence-corrected chi connectivity index (χ0v) is 6.48. The molecule has 1 rings (SSSR count). The Hall–Kier alpha value is -0.805. The molecule has 0 aromatic heterocycles. The van der Waals surface area contributed by atoms with Crippen molar-refractivity contribution in [1.29, 1.82) is 0 Å². The summed E-state index contributed by atoms with van der Waals surface area (Å²) < 4.78 is 29.5. The zero-order chi connectivity index (χ0) is 9.14. The van der Waals surface area contributed by atoms with Crippen LogP contribution in [0.3, 0.4) is 0 Å². The van der Waals surface area contributed by atoms with Crippen molar-refractivity contribution >= 4 is 19.3 Å². The highest BCUT2D eigenvalue weighted by atomic mass is 35.5. The van der Waals surface area contributed by atoms with E-state index >= 15 is 0 Å². The number of hydrogen-bond acceptors (Lipinski definition) is 2. The third kappa shape index (κ3) is 1.87. The Morgan fingerprint density at radius 2 is 1.83 bits per heavy atom. The standard InChI is InChI=1S/C6H3BClF2O2/c8-6-4(9)1-3(12-7-11)2-5(6)10/h1-2,11H. The number of halogens is 3. The van der Waals surface area contributed by atoms with Gasteiger partial charge >= 0.3 is 7.69 Å². The molecule has 1 aromatic carbocycles. The van der Waals surface area contributed by atoms with Crippen LogP contribution in [0, 0.1) is 11.6 Å². The van der Waals surface area contributed by atoms with Crippen LogP contribution in [0.25, 0.3) is 0 Å². The van der Waals surface area contributed by atoms with E-state index in [0.29, 0.717) is 7.69 Å². The molecule has 0 amide bonds. The first-order valence-electron chi connectivity index (χ1n) is 2.92. The summed E-state index contributed by atoms with van der Waals surface area (Å²) in [5.74, 6) is -2.03. The summed E-state index contributed by atoms with van der Waals surface area (Å²) in [6.07, 6.45) is 0. The van der Waals surface area contributed by atoms with Crippen LogP contribution < -0.4 is 4.65 Å². The van der Waals surface area contributed by atoms with Crippen LogP contribution in [0.1, 0.15) is 0 Å². The highest BCUT2D eigenvalue weighted by molar-refractivity contribution is 6.30. The molecule has 1 radical (unpaired) electrons. The minimum absolute atomic E-state index is 0.156. The summed E-state index contributed by atoms with van der Waals surface area (Å²) in [6.45, 7) is 0. The molecule has 0 bridgehead atoms. The molecular formula is C6H3BClF2O2. The molecule has 1 N–H and O–H groups in total. The molecule has 0 aliphatic rings. The van der Waals surface area contributed by atoms with Crippen LogP contribution in [-0.4, -0.2) is 12.7 Å². The van der Waals surface area contributed by atoms with Gasteiger partial charge in [0.15, 0.2) is 0 Å². The second-order valence-electron chi connectivity index (χ2n) is 1.92. The van der Waals surface area contributed by atoms with E-state index in [0.717, 1.165) is 12.1 Å². The molecule has 0 heterocycles. The van der Waals surface area contributed by atoms with E-state index in [1.165, 1.54) is 0 Å². The van der Waals surface area contributed by atoms with Crippen molar-refractivity contribution in [3.63, 3.8) is 0 Å². The molecule has 6 heteroatoms. The summed E-state index contributed by atoms with van der Waals surface area (Å²) in [4.78, 5) is 0. The lowest BCUT2D eigenvalue weighted by atomic mass is 10.3. The first-order chi connectivity index (χ1) is 5.65. The Morgan fingerprint density at radius 3 is 2.25 bits per heavy atom. The third-order valence-corrected chi connectivity index (χ3v) is 1.51. The van der Waals surface area contributed by atoms with Crippen LogP contribution in [0.4, 0.5) is 8.78 Å². The van der Waals surface area contributed by atoms with Crippen molar-refractivity contribution in [3.05, 3.63) is 28.8 Å². The Labute approximate surface area is 73.0 Å². The molecular weight excluding hydrogens is 188 g/mol. The second kappa shape index (κ2) is 3.73. The Bertz CT molecular complexity index is 272. The maximum atomic E-state index is 12.6. The minimum Gasteiger partial charge on any atom is -0.537 e. The fourth-order valence-electron chi connectivity index (χ4n) is 0.661. The van der Waals surface area contributed by atoms with Gasteiger partial charge in [0.1, 0.15) is 22.4 Å². The molecule has 63 valence electrons. The molecule has 12 heavy (non-hydrogen) atoms. The van der Waals surface area contributed by atoms with Gasteiger partial charge in [-0.15, -0.1) is 0 Å². The molecule has 0 aliphatic heterocycles. The van der Waals surface area contributed by atoms with Crippen LogP contribution in [-0.2, 0) is 0 Å². The van der Waals surface area contributed by atoms with Gasteiger partial charge in [-0.05, 0) is 0 Å². The lowest BCUT2D eigenvalue weighted by molar-refractivity contribution is 0.447. The molecule has 0 atom stereocenters. The zero-order valence-electron chi connectivity index (χ0n) is 5.72. The lowest BCUT2D eigenvalue weighted by Gasteiger charge is -2.02. The molecule has 0 saturated carbocycles. The van der Waals surface area contributed by atoms with Crippen molar-refractivity contribution in [2.45, 2.75) is 0 Å². The predicted molar refractivity (Wildman–Crippen MR) is 40.0 cm³/mol. The van der Waals surface area contributed by atoms with E-state index in [2.05, 4.69) is 4.65 Å². The molecule has 0 aliphatic carbocycles. The number of hydrogen-bond donors (Lipinski definition) is 1. The van der Waals surface area contributed by atoms with Crippen molar-refractivity contribution in [2.24, 2.45) is 0 Å². The first kappa shape index (κ1) is 9.28. The summed E-state index contributed by atoms with van der Waals surface area (Å²) in [7, 11) is 0.322. The highest BCUT2D eigenvalue weighted by Crippen LogP contribution is 2.24. The molecule has 1 aromatic rings. The number of benzene rings is 1. The average molecular weight is 191 g/mol. The summed E-state index contributed by atoms with van der Waals surface area (Å²) in [5, 5.41) is 7.55. The van der Waals surface area contributed by atoms with Gasteiger partial charge in [0, 0.05) is 12.1 Å². The van der Waals surface area contributed by atoms with Gasteiger partial charge in [0.25, 0.3) is 0 Å².